The minimum absolute atomic E-state index is 0.669. The maximum Gasteiger partial charge on any atom is 0.0337 e. The maximum atomic E-state index is 3.58. The van der Waals surface area contributed by atoms with E-state index in [4.69, 9.17) is 0 Å². The van der Waals surface area contributed by atoms with E-state index in [2.05, 4.69) is 51.6 Å². The molecule has 3 rings (SSSR count). The molecule has 0 bridgehead atoms. The molecule has 1 fully saturated rings. The molecule has 2 unspecified atom stereocenters. The van der Waals surface area contributed by atoms with Crippen LogP contribution in [0.3, 0.4) is 0 Å². The summed E-state index contributed by atoms with van der Waals surface area (Å²) in [6, 6.07) is 9.12. The van der Waals surface area contributed by atoms with Crippen LogP contribution < -0.4 is 5.32 Å². The summed E-state index contributed by atoms with van der Waals surface area (Å²) < 4.78 is 1.21. The number of rotatable bonds is 1. The lowest BCUT2D eigenvalue weighted by Crippen LogP contribution is -2.57. The normalized spacial score (nSPS) is 29.8. The van der Waals surface area contributed by atoms with Gasteiger partial charge in [-0.15, -0.1) is 0 Å². The van der Waals surface area contributed by atoms with E-state index >= 15 is 0 Å². The van der Waals surface area contributed by atoms with Gasteiger partial charge in [0.1, 0.15) is 0 Å². The minimum Gasteiger partial charge on any atom is -0.309 e. The molecular formula is C11H10BrN. The predicted octanol–water partition coefficient (Wildman–Crippen LogP) is 2.43. The fraction of sp³-hybridized carbons (Fsp3) is 0.273. The van der Waals surface area contributed by atoms with Crippen molar-refractivity contribution in [2.24, 2.45) is 5.92 Å². The number of hydrogen-bond acceptors (Lipinski definition) is 1. The average molecular weight is 236 g/mol. The van der Waals surface area contributed by atoms with E-state index in [1.807, 2.05) is 0 Å². The Morgan fingerprint density at radius 3 is 2.69 bits per heavy atom. The van der Waals surface area contributed by atoms with Crippen LogP contribution in [0.4, 0.5) is 0 Å². The quantitative estimate of drug-likeness (QED) is 0.789. The van der Waals surface area contributed by atoms with Gasteiger partial charge in [-0.1, -0.05) is 40.2 Å². The molecule has 2 aliphatic rings. The first-order chi connectivity index (χ1) is 6.36. The van der Waals surface area contributed by atoms with Crippen molar-refractivity contribution in [3.8, 4) is 0 Å². The largest absolute Gasteiger partial charge is 0.309 e. The molecule has 0 saturated carbocycles. The Morgan fingerprint density at radius 2 is 2.15 bits per heavy atom. The molecule has 1 saturated heterocycles. The second-order valence-corrected chi connectivity index (χ2v) is 4.50. The number of nitrogens with one attached hydrogen (secondary N) is 1. The second kappa shape index (κ2) is 2.69. The van der Waals surface area contributed by atoms with E-state index < -0.39 is 0 Å². The van der Waals surface area contributed by atoms with Crippen molar-refractivity contribution in [3.05, 3.63) is 40.4 Å². The molecule has 66 valence electrons. The molecule has 13 heavy (non-hydrogen) atoms. The highest BCUT2D eigenvalue weighted by molar-refractivity contribution is 9.10. The lowest BCUT2D eigenvalue weighted by molar-refractivity contribution is 0.318. The van der Waals surface area contributed by atoms with Crippen molar-refractivity contribution in [1.29, 1.82) is 0 Å². The van der Waals surface area contributed by atoms with E-state index in [0.717, 1.165) is 12.5 Å². The molecule has 2 atom stereocenters. The van der Waals surface area contributed by atoms with Crippen molar-refractivity contribution in [2.45, 2.75) is 6.04 Å². The van der Waals surface area contributed by atoms with E-state index in [9.17, 15) is 0 Å². The van der Waals surface area contributed by atoms with Gasteiger partial charge >= 0.3 is 0 Å². The van der Waals surface area contributed by atoms with Gasteiger partial charge in [-0.2, -0.15) is 0 Å². The van der Waals surface area contributed by atoms with Gasteiger partial charge in [0.05, 0.1) is 0 Å². The van der Waals surface area contributed by atoms with Crippen molar-refractivity contribution < 1.29 is 0 Å². The van der Waals surface area contributed by atoms with Gasteiger partial charge in [0.25, 0.3) is 0 Å². The zero-order valence-corrected chi connectivity index (χ0v) is 8.71. The summed E-state index contributed by atoms with van der Waals surface area (Å²) in [5.41, 5.74) is 2.88. The van der Waals surface area contributed by atoms with Gasteiger partial charge in [-0.05, 0) is 17.2 Å². The maximum absolute atomic E-state index is 3.58. The first kappa shape index (κ1) is 7.77. The van der Waals surface area contributed by atoms with Crippen LogP contribution in [0.15, 0.2) is 34.8 Å². The highest BCUT2D eigenvalue weighted by Crippen LogP contribution is 2.42. The average Bonchev–Trinajstić information content (AvgIpc) is 2.11. The van der Waals surface area contributed by atoms with Crippen LogP contribution in [0.5, 0.6) is 0 Å². The van der Waals surface area contributed by atoms with Gasteiger partial charge in [0.15, 0.2) is 0 Å². The summed E-state index contributed by atoms with van der Waals surface area (Å²) in [5.74, 6) is 0.777. The zero-order valence-electron chi connectivity index (χ0n) is 7.13. The van der Waals surface area contributed by atoms with Crippen LogP contribution in [0.1, 0.15) is 5.56 Å². The highest BCUT2D eigenvalue weighted by Gasteiger charge is 2.40. The van der Waals surface area contributed by atoms with Crippen molar-refractivity contribution in [2.75, 3.05) is 6.54 Å². The summed E-state index contributed by atoms with van der Waals surface area (Å²) in [4.78, 5) is 0. The summed E-state index contributed by atoms with van der Waals surface area (Å²) in [5, 5.41) is 3.37. The van der Waals surface area contributed by atoms with Gasteiger partial charge < -0.3 is 5.32 Å². The highest BCUT2D eigenvalue weighted by atomic mass is 79.9. The van der Waals surface area contributed by atoms with E-state index in [-0.39, 0.29) is 0 Å². The predicted molar refractivity (Wildman–Crippen MR) is 57.4 cm³/mol. The summed E-state index contributed by atoms with van der Waals surface area (Å²) in [6.07, 6.45) is 2.33. The molecule has 0 spiro atoms. The third kappa shape index (κ3) is 1.02. The molecule has 1 aromatic carbocycles. The third-order valence-electron chi connectivity index (χ3n) is 2.95. The van der Waals surface area contributed by atoms with Gasteiger partial charge in [-0.25, -0.2) is 0 Å². The number of halogens is 1. The molecule has 1 aliphatic carbocycles. The Labute approximate surface area is 86.0 Å². The molecule has 2 heteroatoms. The van der Waals surface area contributed by atoms with Crippen LogP contribution in [0, 0.1) is 5.92 Å². The fourth-order valence-corrected chi connectivity index (χ4v) is 2.55. The Hall–Kier alpha value is -0.600. The fourth-order valence-electron chi connectivity index (χ4n) is 2.03. The lowest BCUT2D eigenvalue weighted by atomic mass is 9.71. The Morgan fingerprint density at radius 1 is 1.31 bits per heavy atom. The lowest BCUT2D eigenvalue weighted by Gasteiger charge is -2.46. The topological polar surface area (TPSA) is 12.0 Å². The van der Waals surface area contributed by atoms with Crippen LogP contribution in [-0.2, 0) is 0 Å². The summed E-state index contributed by atoms with van der Waals surface area (Å²) >= 11 is 3.58. The first-order valence-electron chi connectivity index (χ1n) is 4.56. The second-order valence-electron chi connectivity index (χ2n) is 3.64. The standard InChI is InChI=1S/C11H10BrN/c12-10-4-2-1-3-7(10)8-5-11-9(8)6-13-11/h1-5,9,11,13H,6H2. The zero-order chi connectivity index (χ0) is 8.84. The van der Waals surface area contributed by atoms with E-state index in [0.29, 0.717) is 6.04 Å². The molecule has 0 radical (unpaired) electrons. The molecule has 0 amide bonds. The third-order valence-corrected chi connectivity index (χ3v) is 3.64. The van der Waals surface area contributed by atoms with E-state index in [1.165, 1.54) is 15.6 Å². The Kier molecular flexibility index (Phi) is 1.61. The Bertz CT molecular complexity index is 383. The van der Waals surface area contributed by atoms with Crippen LogP contribution in [-0.4, -0.2) is 12.6 Å². The molecule has 1 heterocycles. The van der Waals surface area contributed by atoms with Crippen molar-refractivity contribution in [1.82, 2.24) is 5.32 Å². The molecule has 1 nitrogen and oxygen atoms in total. The smallest absolute Gasteiger partial charge is 0.0337 e. The van der Waals surface area contributed by atoms with Crippen LogP contribution >= 0.6 is 15.9 Å². The summed E-state index contributed by atoms with van der Waals surface area (Å²) in [6.45, 7) is 1.15. The monoisotopic (exact) mass is 235 g/mol. The number of hydrogen-bond donors (Lipinski definition) is 1. The number of benzene rings is 1. The minimum atomic E-state index is 0.669. The summed E-state index contributed by atoms with van der Waals surface area (Å²) in [7, 11) is 0. The first-order valence-corrected chi connectivity index (χ1v) is 5.35. The van der Waals surface area contributed by atoms with Gasteiger partial charge in [-0.3, -0.25) is 0 Å². The SMILES string of the molecule is Brc1ccccc1C1=CC2NCC12. The molecule has 1 aromatic rings. The van der Waals surface area contributed by atoms with E-state index in [1.54, 1.807) is 0 Å². The molecule has 1 N–H and O–H groups in total. The molecule has 1 aliphatic heterocycles. The van der Waals surface area contributed by atoms with Gasteiger partial charge in [0.2, 0.25) is 0 Å². The molecular weight excluding hydrogens is 226 g/mol. The van der Waals surface area contributed by atoms with Gasteiger partial charge in [0, 0.05) is 23.0 Å². The molecule has 0 aromatic heterocycles. The van der Waals surface area contributed by atoms with Crippen molar-refractivity contribution in [3.63, 3.8) is 0 Å². The van der Waals surface area contributed by atoms with Crippen LogP contribution in [0.25, 0.3) is 5.57 Å². The Balaban J connectivity index is 2.02. The van der Waals surface area contributed by atoms with Crippen molar-refractivity contribution >= 4 is 21.5 Å². The van der Waals surface area contributed by atoms with Crippen LogP contribution in [0.2, 0.25) is 0 Å². The number of fused-ring (bicyclic) bond motifs is 1.